The second kappa shape index (κ2) is 6.75. The average molecular weight is 344 g/mol. The summed E-state index contributed by atoms with van der Waals surface area (Å²) in [5.41, 5.74) is 0.985. The van der Waals surface area contributed by atoms with Crippen molar-refractivity contribution in [2.24, 2.45) is 0 Å². The van der Waals surface area contributed by atoms with E-state index in [-0.39, 0.29) is 0 Å². The van der Waals surface area contributed by atoms with Crippen LogP contribution in [0.1, 0.15) is 18.7 Å². The Hall–Kier alpha value is -2.18. The van der Waals surface area contributed by atoms with Gasteiger partial charge in [-0.1, -0.05) is 11.6 Å². The molecule has 124 valence electrons. The predicted molar refractivity (Wildman–Crippen MR) is 90.4 cm³/mol. The van der Waals surface area contributed by atoms with Crippen molar-refractivity contribution in [2.75, 3.05) is 6.54 Å². The molecule has 3 heterocycles. The van der Waals surface area contributed by atoms with Gasteiger partial charge in [0, 0.05) is 16.6 Å². The molecular formula is C17H18ClN5O. The van der Waals surface area contributed by atoms with Gasteiger partial charge in [0.25, 0.3) is 0 Å². The summed E-state index contributed by atoms with van der Waals surface area (Å²) in [7, 11) is 0. The van der Waals surface area contributed by atoms with Crippen LogP contribution in [0.4, 0.5) is 0 Å². The van der Waals surface area contributed by atoms with Crippen molar-refractivity contribution in [2.45, 2.75) is 32.0 Å². The third-order valence-corrected chi connectivity index (χ3v) is 4.64. The lowest BCUT2D eigenvalue weighted by molar-refractivity contribution is 0.200. The van der Waals surface area contributed by atoms with Gasteiger partial charge in [0.2, 0.25) is 5.89 Å². The molecule has 6 nitrogen and oxygen atoms in total. The summed E-state index contributed by atoms with van der Waals surface area (Å²) in [5, 5.41) is 4.92. The highest BCUT2D eigenvalue weighted by atomic mass is 35.5. The van der Waals surface area contributed by atoms with Gasteiger partial charge in [-0.25, -0.2) is 9.97 Å². The minimum absolute atomic E-state index is 0.442. The van der Waals surface area contributed by atoms with Gasteiger partial charge < -0.3 is 4.42 Å². The number of aromatic nitrogens is 4. The van der Waals surface area contributed by atoms with Gasteiger partial charge in [-0.2, -0.15) is 5.10 Å². The number of likely N-dealkylation sites (tertiary alicyclic amines) is 1. The molecule has 1 aromatic carbocycles. The molecule has 0 aliphatic carbocycles. The maximum absolute atomic E-state index is 5.93. The van der Waals surface area contributed by atoms with Gasteiger partial charge in [-0.15, -0.1) is 0 Å². The molecule has 1 atom stereocenters. The Kier molecular flexibility index (Phi) is 4.32. The largest absolute Gasteiger partial charge is 0.439 e. The molecule has 4 rings (SSSR count). The zero-order valence-corrected chi connectivity index (χ0v) is 13.9. The van der Waals surface area contributed by atoms with Crippen LogP contribution in [-0.4, -0.2) is 37.2 Å². The van der Waals surface area contributed by atoms with Crippen LogP contribution in [-0.2, 0) is 13.1 Å². The SMILES string of the molecule is Clc1ccc(-c2cnc(CN3CCC[C@@H]3Cn3cncn3)o2)cc1. The van der Waals surface area contributed by atoms with Crippen molar-refractivity contribution in [3.8, 4) is 11.3 Å². The minimum Gasteiger partial charge on any atom is -0.439 e. The molecule has 2 aromatic heterocycles. The van der Waals surface area contributed by atoms with Gasteiger partial charge in [0.1, 0.15) is 12.7 Å². The number of hydrogen-bond donors (Lipinski definition) is 0. The summed E-state index contributed by atoms with van der Waals surface area (Å²) in [6.07, 6.45) is 7.46. The number of hydrogen-bond acceptors (Lipinski definition) is 5. The van der Waals surface area contributed by atoms with Crippen LogP contribution < -0.4 is 0 Å². The molecule has 0 unspecified atom stereocenters. The Labute approximate surface area is 145 Å². The first-order valence-electron chi connectivity index (χ1n) is 8.05. The molecule has 1 aliphatic heterocycles. The molecule has 1 saturated heterocycles. The first kappa shape index (κ1) is 15.4. The number of rotatable bonds is 5. The normalized spacial score (nSPS) is 18.3. The van der Waals surface area contributed by atoms with Crippen molar-refractivity contribution in [1.29, 1.82) is 0 Å². The summed E-state index contributed by atoms with van der Waals surface area (Å²) in [5.74, 6) is 1.51. The Morgan fingerprint density at radius 3 is 2.92 bits per heavy atom. The van der Waals surface area contributed by atoms with Crippen LogP contribution >= 0.6 is 11.6 Å². The van der Waals surface area contributed by atoms with Crippen LogP contribution in [0.2, 0.25) is 5.02 Å². The van der Waals surface area contributed by atoms with E-state index >= 15 is 0 Å². The number of nitrogens with zero attached hydrogens (tertiary/aromatic N) is 5. The van der Waals surface area contributed by atoms with Crippen LogP contribution in [0.25, 0.3) is 11.3 Å². The standard InChI is InChI=1S/C17H18ClN5O/c18-14-5-3-13(4-6-14)16-8-20-17(24-16)10-22-7-1-2-15(22)9-23-12-19-11-21-23/h3-6,8,11-12,15H,1-2,7,9-10H2/t15-/m1/s1. The van der Waals surface area contributed by atoms with Crippen LogP contribution in [0, 0.1) is 0 Å². The summed E-state index contributed by atoms with van der Waals surface area (Å²) < 4.78 is 7.81. The molecule has 1 aliphatic rings. The van der Waals surface area contributed by atoms with Crippen LogP contribution in [0.15, 0.2) is 47.5 Å². The number of benzene rings is 1. The highest BCUT2D eigenvalue weighted by Crippen LogP contribution is 2.25. The molecule has 1 fully saturated rings. The fraction of sp³-hybridized carbons (Fsp3) is 0.353. The Morgan fingerprint density at radius 1 is 1.25 bits per heavy atom. The topological polar surface area (TPSA) is 60.0 Å². The first-order chi connectivity index (χ1) is 11.8. The molecule has 0 radical (unpaired) electrons. The van der Waals surface area contributed by atoms with Gasteiger partial charge in [0.05, 0.1) is 19.3 Å². The second-order valence-electron chi connectivity index (χ2n) is 6.01. The lowest BCUT2D eigenvalue weighted by atomic mass is 10.2. The fourth-order valence-corrected chi connectivity index (χ4v) is 3.28. The molecular weight excluding hydrogens is 326 g/mol. The van der Waals surface area contributed by atoms with Crippen molar-refractivity contribution >= 4 is 11.6 Å². The quantitative estimate of drug-likeness (QED) is 0.711. The first-order valence-corrected chi connectivity index (χ1v) is 8.43. The monoisotopic (exact) mass is 343 g/mol. The van der Waals surface area contributed by atoms with Crippen LogP contribution in [0.5, 0.6) is 0 Å². The molecule has 0 saturated carbocycles. The van der Waals surface area contributed by atoms with Crippen molar-refractivity contribution in [3.05, 3.63) is 54.0 Å². The third-order valence-electron chi connectivity index (χ3n) is 4.38. The van der Waals surface area contributed by atoms with Crippen LogP contribution in [0.3, 0.4) is 0 Å². The van der Waals surface area contributed by atoms with Gasteiger partial charge >= 0.3 is 0 Å². The Morgan fingerprint density at radius 2 is 2.12 bits per heavy atom. The molecule has 0 amide bonds. The van der Waals surface area contributed by atoms with E-state index < -0.39 is 0 Å². The molecule has 0 bridgehead atoms. The highest BCUT2D eigenvalue weighted by Gasteiger charge is 2.26. The van der Waals surface area contributed by atoms with Crippen molar-refractivity contribution in [3.63, 3.8) is 0 Å². The zero-order valence-electron chi connectivity index (χ0n) is 13.2. The van der Waals surface area contributed by atoms with Gasteiger partial charge in [-0.3, -0.25) is 9.58 Å². The Balaban J connectivity index is 1.44. The lowest BCUT2D eigenvalue weighted by Crippen LogP contribution is -2.32. The smallest absolute Gasteiger partial charge is 0.209 e. The average Bonchev–Trinajstić information content (AvgIpc) is 3.32. The van der Waals surface area contributed by atoms with Gasteiger partial charge in [-0.05, 0) is 43.7 Å². The van der Waals surface area contributed by atoms with E-state index in [2.05, 4.69) is 20.0 Å². The van der Waals surface area contributed by atoms with E-state index in [1.807, 2.05) is 28.9 Å². The summed E-state index contributed by atoms with van der Waals surface area (Å²) in [4.78, 5) is 10.8. The van der Waals surface area contributed by atoms with Crippen molar-refractivity contribution in [1.82, 2.24) is 24.6 Å². The fourth-order valence-electron chi connectivity index (χ4n) is 3.16. The summed E-state index contributed by atoms with van der Waals surface area (Å²) in [6.45, 7) is 2.62. The molecule has 0 spiro atoms. The predicted octanol–water partition coefficient (Wildman–Crippen LogP) is 3.25. The maximum atomic E-state index is 5.93. The molecule has 24 heavy (non-hydrogen) atoms. The Bertz CT molecular complexity index is 784. The lowest BCUT2D eigenvalue weighted by Gasteiger charge is -2.22. The summed E-state index contributed by atoms with van der Waals surface area (Å²) >= 11 is 5.93. The van der Waals surface area contributed by atoms with Gasteiger partial charge in [0.15, 0.2) is 5.76 Å². The van der Waals surface area contributed by atoms with E-state index in [9.17, 15) is 0 Å². The van der Waals surface area contributed by atoms with E-state index in [1.54, 1.807) is 18.9 Å². The maximum Gasteiger partial charge on any atom is 0.209 e. The zero-order chi connectivity index (χ0) is 16.4. The van der Waals surface area contributed by atoms with Crippen molar-refractivity contribution < 1.29 is 4.42 Å². The van der Waals surface area contributed by atoms with E-state index in [0.717, 1.165) is 36.7 Å². The highest BCUT2D eigenvalue weighted by molar-refractivity contribution is 6.30. The van der Waals surface area contributed by atoms with E-state index in [1.165, 1.54) is 6.42 Å². The van der Waals surface area contributed by atoms with E-state index in [0.29, 0.717) is 17.6 Å². The van der Waals surface area contributed by atoms with E-state index in [4.69, 9.17) is 16.0 Å². The number of halogens is 1. The molecule has 3 aromatic rings. The minimum atomic E-state index is 0.442. The third kappa shape index (κ3) is 3.34. The summed E-state index contributed by atoms with van der Waals surface area (Å²) in [6, 6.07) is 8.03. The second-order valence-corrected chi connectivity index (χ2v) is 6.45. The molecule has 0 N–H and O–H groups in total. The molecule has 7 heteroatoms. The number of oxazole rings is 1.